The molecule has 0 saturated carbocycles. The van der Waals surface area contributed by atoms with E-state index in [0.29, 0.717) is 30.8 Å². The van der Waals surface area contributed by atoms with Crippen LogP contribution in [0.5, 0.6) is 0 Å². The van der Waals surface area contributed by atoms with Gasteiger partial charge in [0.25, 0.3) is 0 Å². The molecular formula is C29H47N5O5S2. The Morgan fingerprint density at radius 3 is 1.93 bits per heavy atom. The Hall–Kier alpha value is -2.73. The lowest BCUT2D eigenvalue weighted by atomic mass is 9.97. The summed E-state index contributed by atoms with van der Waals surface area (Å²) in [6, 6.07) is 5.68. The van der Waals surface area contributed by atoms with E-state index in [0.717, 1.165) is 17.1 Å². The lowest BCUT2D eigenvalue weighted by Gasteiger charge is -2.26. The number of hydrogen-bond donors (Lipinski definition) is 5. The molecule has 5 amide bonds. The minimum Gasteiger partial charge on any atom is -0.370 e. The molecule has 0 saturated heterocycles. The van der Waals surface area contributed by atoms with Crippen LogP contribution in [-0.2, 0) is 35.5 Å². The maximum atomic E-state index is 13.0. The van der Waals surface area contributed by atoms with Crippen molar-refractivity contribution in [3.63, 3.8) is 0 Å². The molecule has 0 aliphatic carbocycles. The smallest absolute Gasteiger partial charge is 0.243 e. The van der Waals surface area contributed by atoms with Gasteiger partial charge < -0.3 is 27.4 Å². The van der Waals surface area contributed by atoms with E-state index in [1.165, 1.54) is 5.56 Å². The molecule has 4 atom stereocenters. The summed E-state index contributed by atoms with van der Waals surface area (Å²) in [5, 5.41) is 8.12. The highest BCUT2D eigenvalue weighted by Crippen LogP contribution is 2.18. The van der Waals surface area contributed by atoms with Crippen molar-refractivity contribution in [2.45, 2.75) is 89.9 Å². The number of nitrogens with two attached hydrogens (primary N) is 2. The third-order valence-electron chi connectivity index (χ3n) is 6.42. The molecule has 1 aromatic rings. The van der Waals surface area contributed by atoms with Crippen LogP contribution in [0.3, 0.4) is 0 Å². The van der Waals surface area contributed by atoms with Crippen molar-refractivity contribution in [2.24, 2.45) is 23.3 Å². The van der Waals surface area contributed by atoms with E-state index in [4.69, 9.17) is 11.5 Å². The van der Waals surface area contributed by atoms with Gasteiger partial charge in [-0.15, -0.1) is 0 Å². The molecule has 0 unspecified atom stereocenters. The first-order chi connectivity index (χ1) is 19.3. The molecule has 0 spiro atoms. The number of nitrogens with one attached hydrogen (secondary N) is 3. The molecule has 41 heavy (non-hydrogen) atoms. The average Bonchev–Trinajstić information content (AvgIpc) is 2.90. The van der Waals surface area contributed by atoms with Gasteiger partial charge in [-0.3, -0.25) is 24.0 Å². The van der Waals surface area contributed by atoms with Crippen molar-refractivity contribution in [2.75, 3.05) is 11.5 Å². The summed E-state index contributed by atoms with van der Waals surface area (Å²) in [6.07, 6.45) is 1.64. The first kappa shape index (κ1) is 36.3. The van der Waals surface area contributed by atoms with E-state index >= 15 is 0 Å². The highest BCUT2D eigenvalue weighted by atomic mass is 32.2. The average molecular weight is 610 g/mol. The van der Waals surface area contributed by atoms with Gasteiger partial charge >= 0.3 is 0 Å². The highest BCUT2D eigenvalue weighted by Gasteiger charge is 2.30. The number of benzene rings is 1. The molecule has 0 fully saturated rings. The molecule has 0 heterocycles. The highest BCUT2D eigenvalue weighted by molar-refractivity contribution is 7.98. The minimum atomic E-state index is -0.861. The van der Waals surface area contributed by atoms with Crippen LogP contribution in [0, 0.1) is 11.8 Å². The molecule has 1 rings (SSSR count). The van der Waals surface area contributed by atoms with Gasteiger partial charge in [-0.1, -0.05) is 58.4 Å². The second kappa shape index (κ2) is 19.4. The van der Waals surface area contributed by atoms with Crippen LogP contribution < -0.4 is 27.4 Å². The zero-order valence-electron chi connectivity index (χ0n) is 24.9. The predicted molar refractivity (Wildman–Crippen MR) is 167 cm³/mol. The molecule has 10 nitrogen and oxygen atoms in total. The van der Waals surface area contributed by atoms with E-state index < -0.39 is 35.8 Å². The lowest BCUT2D eigenvalue weighted by molar-refractivity contribution is -0.133. The largest absolute Gasteiger partial charge is 0.370 e. The van der Waals surface area contributed by atoms with E-state index in [1.54, 1.807) is 30.4 Å². The van der Waals surface area contributed by atoms with Crippen LogP contribution in [0.25, 0.3) is 0 Å². The Kier molecular flexibility index (Phi) is 17.2. The fourth-order valence-electron chi connectivity index (χ4n) is 3.89. The number of carbonyl (C=O) groups excluding carboxylic acids is 5. The maximum absolute atomic E-state index is 13.0. The molecule has 0 aliphatic rings. The van der Waals surface area contributed by atoms with E-state index in [1.807, 2.05) is 45.9 Å². The van der Waals surface area contributed by atoms with E-state index in [9.17, 15) is 24.0 Å². The topological polar surface area (TPSA) is 173 Å². The van der Waals surface area contributed by atoms with E-state index in [-0.39, 0.29) is 30.1 Å². The number of rotatable bonds is 20. The SMILES string of the molecule is CC[C@H](C)[C@H](NC(=O)[C@H](CC(C)C)NC(=O)[C@@H](C)NC(=O)CCSCc1cccc(CSCCC(N)=O)c1)C(N)=O. The van der Waals surface area contributed by atoms with Crippen molar-refractivity contribution < 1.29 is 24.0 Å². The third kappa shape index (κ3) is 15.2. The third-order valence-corrected chi connectivity index (χ3v) is 8.48. The van der Waals surface area contributed by atoms with Gasteiger partial charge in [-0.25, -0.2) is 0 Å². The number of carbonyl (C=O) groups is 5. The summed E-state index contributed by atoms with van der Waals surface area (Å²) >= 11 is 3.29. The van der Waals surface area contributed by atoms with Gasteiger partial charge in [-0.05, 0) is 36.3 Å². The molecular weight excluding hydrogens is 562 g/mol. The normalized spacial score (nSPS) is 14.0. The summed E-state index contributed by atoms with van der Waals surface area (Å²) < 4.78 is 0. The Morgan fingerprint density at radius 2 is 1.41 bits per heavy atom. The number of amides is 5. The van der Waals surface area contributed by atoms with E-state index in [2.05, 4.69) is 22.0 Å². The second-order valence-corrected chi connectivity index (χ2v) is 12.9. The van der Waals surface area contributed by atoms with Gasteiger partial charge in [-0.2, -0.15) is 23.5 Å². The minimum absolute atomic E-state index is 0.102. The molecule has 7 N–H and O–H groups in total. The van der Waals surface area contributed by atoms with Crippen LogP contribution in [0.1, 0.15) is 71.4 Å². The summed E-state index contributed by atoms with van der Waals surface area (Å²) in [5.74, 6) is 0.664. The van der Waals surface area contributed by atoms with Crippen molar-refractivity contribution in [1.82, 2.24) is 16.0 Å². The molecule has 0 radical (unpaired) electrons. The first-order valence-electron chi connectivity index (χ1n) is 14.0. The lowest BCUT2D eigenvalue weighted by Crippen LogP contribution is -2.57. The fourth-order valence-corrected chi connectivity index (χ4v) is 5.68. The van der Waals surface area contributed by atoms with Crippen LogP contribution in [-0.4, -0.2) is 59.2 Å². The maximum Gasteiger partial charge on any atom is 0.243 e. The molecule has 12 heteroatoms. The number of thioether (sulfide) groups is 2. The van der Waals surface area contributed by atoms with Gasteiger partial charge in [0.05, 0.1) is 0 Å². The summed E-state index contributed by atoms with van der Waals surface area (Å²) in [6.45, 7) is 9.16. The van der Waals surface area contributed by atoms with Crippen molar-refractivity contribution in [1.29, 1.82) is 0 Å². The molecule has 0 aliphatic heterocycles. The van der Waals surface area contributed by atoms with Crippen LogP contribution in [0.4, 0.5) is 0 Å². The standard InChI is InChI=1S/C29H47N5O5S2/c1-6-19(4)26(27(31)37)34-29(39)23(14-18(2)3)33-28(38)20(5)32-25(36)11-13-41-17-22-9-7-8-21(15-22)16-40-12-10-24(30)35/h7-9,15,18-20,23,26H,6,10-14,16-17H2,1-5H3,(H2,30,35)(H2,31,37)(H,32,36)(H,33,38)(H,34,39)/t19-,20+,23-,26-/m0/s1. The Labute approximate surface area is 252 Å². The second-order valence-electron chi connectivity index (χ2n) is 10.6. The van der Waals surface area contributed by atoms with Crippen molar-refractivity contribution >= 4 is 53.1 Å². The fraction of sp³-hybridized carbons (Fsp3) is 0.621. The van der Waals surface area contributed by atoms with Gasteiger partial charge in [0.15, 0.2) is 0 Å². The monoisotopic (exact) mass is 609 g/mol. The number of hydrogen-bond acceptors (Lipinski definition) is 7. The summed E-state index contributed by atoms with van der Waals surface area (Å²) in [7, 11) is 0. The Balaban J connectivity index is 2.53. The van der Waals surface area contributed by atoms with Gasteiger partial charge in [0, 0.05) is 35.9 Å². The predicted octanol–water partition coefficient (Wildman–Crippen LogP) is 2.47. The van der Waals surface area contributed by atoms with Gasteiger partial charge in [0.2, 0.25) is 29.5 Å². The zero-order valence-corrected chi connectivity index (χ0v) is 26.5. The Bertz CT molecular complexity index is 1020. The molecule has 230 valence electrons. The molecule has 1 aromatic carbocycles. The van der Waals surface area contributed by atoms with Crippen molar-refractivity contribution in [3.8, 4) is 0 Å². The Morgan fingerprint density at radius 1 is 0.829 bits per heavy atom. The molecule has 0 aromatic heterocycles. The summed E-state index contributed by atoms with van der Waals surface area (Å²) in [4.78, 5) is 61.0. The van der Waals surface area contributed by atoms with Gasteiger partial charge in [0.1, 0.15) is 18.1 Å². The van der Waals surface area contributed by atoms with Crippen LogP contribution >= 0.6 is 23.5 Å². The first-order valence-corrected chi connectivity index (χ1v) is 16.4. The molecule has 0 bridgehead atoms. The van der Waals surface area contributed by atoms with Crippen LogP contribution in [0.15, 0.2) is 24.3 Å². The quantitative estimate of drug-likeness (QED) is 0.141. The van der Waals surface area contributed by atoms with Crippen molar-refractivity contribution in [3.05, 3.63) is 35.4 Å². The van der Waals surface area contributed by atoms with Crippen LogP contribution in [0.2, 0.25) is 0 Å². The number of primary amides is 2. The summed E-state index contributed by atoms with van der Waals surface area (Å²) in [5.41, 5.74) is 13.0. The zero-order chi connectivity index (χ0) is 30.9.